The summed E-state index contributed by atoms with van der Waals surface area (Å²) in [6, 6.07) is 11.2. The number of benzene rings is 2. The summed E-state index contributed by atoms with van der Waals surface area (Å²) in [5, 5.41) is 0.670. The van der Waals surface area contributed by atoms with Gasteiger partial charge in [0.1, 0.15) is 17.0 Å². The quantitative estimate of drug-likeness (QED) is 0.512. The van der Waals surface area contributed by atoms with E-state index in [4.69, 9.17) is 19.2 Å². The average Bonchev–Trinajstić information content (AvgIpc) is 3.26. The predicted molar refractivity (Wildman–Crippen MR) is 130 cm³/mol. The maximum Gasteiger partial charge on any atom is 0.260 e. The van der Waals surface area contributed by atoms with Crippen molar-refractivity contribution in [3.05, 3.63) is 47.5 Å². The maximum atomic E-state index is 13.6. The third-order valence-electron chi connectivity index (χ3n) is 5.45. The van der Waals surface area contributed by atoms with Crippen LogP contribution in [0.15, 0.2) is 36.4 Å². The lowest BCUT2D eigenvalue weighted by molar-refractivity contribution is 0.0391. The van der Waals surface area contributed by atoms with Gasteiger partial charge in [0, 0.05) is 31.7 Å². The molecule has 7 nitrogen and oxygen atoms in total. The first kappa shape index (κ1) is 24.3. The maximum absolute atomic E-state index is 13.6. The van der Waals surface area contributed by atoms with Crippen molar-refractivity contribution < 1.29 is 19.0 Å². The molecule has 1 aliphatic rings. The molecule has 172 valence electrons. The number of morpholine rings is 1. The zero-order valence-electron chi connectivity index (χ0n) is 18.5. The Morgan fingerprint density at radius 1 is 1.19 bits per heavy atom. The molecule has 0 spiro atoms. The van der Waals surface area contributed by atoms with E-state index in [1.807, 2.05) is 37.3 Å². The smallest absolute Gasteiger partial charge is 0.260 e. The Bertz CT molecular complexity index is 1070. The lowest BCUT2D eigenvalue weighted by Crippen LogP contribution is -2.43. The Hall–Kier alpha value is -2.39. The molecule has 1 aromatic heterocycles. The van der Waals surface area contributed by atoms with Crippen LogP contribution in [0.5, 0.6) is 11.5 Å². The van der Waals surface area contributed by atoms with Crippen molar-refractivity contribution in [2.75, 3.05) is 58.5 Å². The topological polar surface area (TPSA) is 64.1 Å². The van der Waals surface area contributed by atoms with Gasteiger partial charge < -0.3 is 14.2 Å². The standard InChI is InChI=1S/C23H27N3O4S.ClH/c1-16-7-8-19(29-3)20-21(16)31-23(24-20)26(10-9-25-11-13-30-14-12-25)22(27)17-5-4-6-18(15-17)28-2;/h4-8,15H,9-14H2,1-3H3;1H. The van der Waals surface area contributed by atoms with Crippen LogP contribution in [0, 0.1) is 6.92 Å². The lowest BCUT2D eigenvalue weighted by atomic mass is 10.2. The van der Waals surface area contributed by atoms with E-state index in [2.05, 4.69) is 4.90 Å². The second-order valence-corrected chi connectivity index (χ2v) is 8.38. The monoisotopic (exact) mass is 477 g/mol. The third kappa shape index (κ3) is 5.15. The normalized spacial score (nSPS) is 14.1. The fourth-order valence-electron chi connectivity index (χ4n) is 3.64. The number of aromatic nitrogens is 1. The van der Waals surface area contributed by atoms with Crippen LogP contribution in [0.2, 0.25) is 0 Å². The van der Waals surface area contributed by atoms with E-state index in [0.29, 0.717) is 28.7 Å². The van der Waals surface area contributed by atoms with Gasteiger partial charge in [-0.25, -0.2) is 4.98 Å². The zero-order valence-corrected chi connectivity index (χ0v) is 20.1. The minimum Gasteiger partial charge on any atom is -0.497 e. The molecule has 0 bridgehead atoms. The van der Waals surface area contributed by atoms with Gasteiger partial charge in [0.25, 0.3) is 5.91 Å². The summed E-state index contributed by atoms with van der Waals surface area (Å²) in [7, 11) is 3.24. The Morgan fingerprint density at radius 2 is 1.97 bits per heavy atom. The summed E-state index contributed by atoms with van der Waals surface area (Å²) in [5.41, 5.74) is 2.48. The van der Waals surface area contributed by atoms with Gasteiger partial charge in [-0.05, 0) is 36.8 Å². The molecule has 32 heavy (non-hydrogen) atoms. The highest BCUT2D eigenvalue weighted by Crippen LogP contribution is 2.37. The number of carbonyl (C=O) groups excluding carboxylic acids is 1. The first-order chi connectivity index (χ1) is 15.1. The molecule has 0 radical (unpaired) electrons. The number of nitrogens with zero attached hydrogens (tertiary/aromatic N) is 3. The average molecular weight is 478 g/mol. The highest BCUT2D eigenvalue weighted by molar-refractivity contribution is 7.22. The molecule has 2 aromatic carbocycles. The van der Waals surface area contributed by atoms with Gasteiger partial charge in [-0.3, -0.25) is 14.6 Å². The number of thiazole rings is 1. The first-order valence-corrected chi connectivity index (χ1v) is 11.1. The molecule has 0 atom stereocenters. The van der Waals surface area contributed by atoms with Crippen LogP contribution in [0.3, 0.4) is 0 Å². The number of methoxy groups -OCH3 is 2. The van der Waals surface area contributed by atoms with Crippen LogP contribution in [-0.4, -0.2) is 69.4 Å². The fraction of sp³-hybridized carbons (Fsp3) is 0.391. The number of rotatable bonds is 7. The molecule has 4 rings (SSSR count). The number of anilines is 1. The number of carbonyl (C=O) groups is 1. The molecule has 0 N–H and O–H groups in total. The van der Waals surface area contributed by atoms with Gasteiger partial charge in [0.05, 0.1) is 32.1 Å². The van der Waals surface area contributed by atoms with Crippen LogP contribution in [0.1, 0.15) is 15.9 Å². The van der Waals surface area contributed by atoms with Crippen LogP contribution in [-0.2, 0) is 4.74 Å². The van der Waals surface area contributed by atoms with Crippen molar-refractivity contribution in [2.45, 2.75) is 6.92 Å². The van der Waals surface area contributed by atoms with E-state index in [1.54, 1.807) is 25.2 Å². The van der Waals surface area contributed by atoms with Crippen molar-refractivity contribution in [3.63, 3.8) is 0 Å². The highest BCUT2D eigenvalue weighted by atomic mass is 35.5. The second-order valence-electron chi connectivity index (χ2n) is 7.40. The third-order valence-corrected chi connectivity index (χ3v) is 6.66. The number of halogens is 1. The lowest BCUT2D eigenvalue weighted by Gasteiger charge is -2.29. The van der Waals surface area contributed by atoms with Gasteiger partial charge in [-0.2, -0.15) is 0 Å². The van der Waals surface area contributed by atoms with E-state index in [0.717, 1.165) is 48.6 Å². The summed E-state index contributed by atoms with van der Waals surface area (Å²) >= 11 is 1.52. The van der Waals surface area contributed by atoms with Gasteiger partial charge >= 0.3 is 0 Å². The first-order valence-electron chi connectivity index (χ1n) is 10.3. The number of hydrogen-bond donors (Lipinski definition) is 0. The van der Waals surface area contributed by atoms with E-state index in [1.165, 1.54) is 11.3 Å². The van der Waals surface area contributed by atoms with Crippen LogP contribution in [0.4, 0.5) is 5.13 Å². The second kappa shape index (κ2) is 11.0. The largest absolute Gasteiger partial charge is 0.497 e. The summed E-state index contributed by atoms with van der Waals surface area (Å²) in [5.74, 6) is 1.27. The van der Waals surface area contributed by atoms with Crippen molar-refractivity contribution in [2.24, 2.45) is 0 Å². The molecule has 0 aliphatic carbocycles. The van der Waals surface area contributed by atoms with E-state index >= 15 is 0 Å². The van der Waals surface area contributed by atoms with Gasteiger partial charge in [-0.1, -0.05) is 23.5 Å². The van der Waals surface area contributed by atoms with Crippen LogP contribution >= 0.6 is 23.7 Å². The molecule has 1 aliphatic heterocycles. The summed E-state index contributed by atoms with van der Waals surface area (Å²) in [6.45, 7) is 6.53. The van der Waals surface area contributed by atoms with Crippen molar-refractivity contribution >= 4 is 45.0 Å². The fourth-order valence-corrected chi connectivity index (χ4v) is 4.72. The molecular formula is C23H28ClN3O4S. The van der Waals surface area contributed by atoms with Crippen molar-refractivity contribution in [1.29, 1.82) is 0 Å². The van der Waals surface area contributed by atoms with E-state index in [-0.39, 0.29) is 18.3 Å². The van der Waals surface area contributed by atoms with E-state index in [9.17, 15) is 4.79 Å². The molecule has 1 amide bonds. The van der Waals surface area contributed by atoms with Crippen molar-refractivity contribution in [1.82, 2.24) is 9.88 Å². The molecule has 1 saturated heterocycles. The van der Waals surface area contributed by atoms with Gasteiger partial charge in [0.2, 0.25) is 0 Å². The number of amides is 1. The molecule has 1 fully saturated rings. The molecule has 0 saturated carbocycles. The minimum atomic E-state index is -0.0946. The molecule has 0 unspecified atom stereocenters. The Morgan fingerprint density at radius 3 is 2.69 bits per heavy atom. The molecule has 9 heteroatoms. The van der Waals surface area contributed by atoms with Crippen molar-refractivity contribution in [3.8, 4) is 11.5 Å². The zero-order chi connectivity index (χ0) is 21.8. The van der Waals surface area contributed by atoms with Gasteiger partial charge in [0.15, 0.2) is 5.13 Å². The number of aryl methyl sites for hydroxylation is 1. The number of hydrogen-bond acceptors (Lipinski definition) is 7. The van der Waals surface area contributed by atoms with Crippen LogP contribution < -0.4 is 14.4 Å². The number of fused-ring (bicyclic) bond motifs is 1. The number of ether oxygens (including phenoxy) is 3. The van der Waals surface area contributed by atoms with Gasteiger partial charge in [-0.15, -0.1) is 12.4 Å². The Balaban J connectivity index is 0.00000289. The Labute approximate surface area is 198 Å². The predicted octanol–water partition coefficient (Wildman–Crippen LogP) is 4.02. The summed E-state index contributed by atoms with van der Waals surface area (Å²) in [6.07, 6.45) is 0. The molecule has 3 aromatic rings. The summed E-state index contributed by atoms with van der Waals surface area (Å²) < 4.78 is 17.3. The minimum absolute atomic E-state index is 0. The molecule has 2 heterocycles. The highest BCUT2D eigenvalue weighted by Gasteiger charge is 2.24. The summed E-state index contributed by atoms with van der Waals surface area (Å²) in [4.78, 5) is 22.5. The Kier molecular flexibility index (Phi) is 8.31. The molecular weight excluding hydrogens is 450 g/mol. The SMILES string of the molecule is COc1cccc(C(=O)N(CCN2CCOCC2)c2nc3c(OC)ccc(C)c3s2)c1.Cl. The van der Waals surface area contributed by atoms with Crippen LogP contribution in [0.25, 0.3) is 10.2 Å². The van der Waals surface area contributed by atoms with E-state index < -0.39 is 0 Å².